The summed E-state index contributed by atoms with van der Waals surface area (Å²) in [6, 6.07) is 10.3. The molecule has 33 heavy (non-hydrogen) atoms. The number of hydrogen-bond acceptors (Lipinski definition) is 3. The molecule has 0 radical (unpaired) electrons. The maximum Gasteiger partial charge on any atom is 0.275 e. The molecule has 1 N–H and O–H groups in total. The lowest BCUT2D eigenvalue weighted by atomic mass is 9.77. The summed E-state index contributed by atoms with van der Waals surface area (Å²) < 4.78 is 3.13. The first-order chi connectivity index (χ1) is 15.7. The molecule has 1 aromatic carbocycles. The summed E-state index contributed by atoms with van der Waals surface area (Å²) in [5.74, 6) is 0.832. The first-order valence-electron chi connectivity index (χ1n) is 12.0. The molecule has 2 aliphatic rings. The van der Waals surface area contributed by atoms with Crippen molar-refractivity contribution >= 4 is 39.1 Å². The molecule has 1 aliphatic heterocycles. The molecule has 3 aromatic rings. The van der Waals surface area contributed by atoms with E-state index >= 15 is 0 Å². The van der Waals surface area contributed by atoms with Gasteiger partial charge in [-0.25, -0.2) is 0 Å². The quantitative estimate of drug-likeness (QED) is 0.543. The molecule has 3 heterocycles. The van der Waals surface area contributed by atoms with Gasteiger partial charge in [0.25, 0.3) is 5.91 Å². The topological polar surface area (TPSA) is 54.3 Å². The number of benzene rings is 1. The molecule has 1 aliphatic carbocycles. The standard InChI is InChI=1S/C27H33N3O2S/c1-16-9-10-18(3)22(13-16)30-25(31)23-14-24-21(11-12-33-24)29(23)15-27(30,5)26(32)28-20-8-6-7-17(2)19(20)4/h9-14,17,19-20H,6-8,15H2,1-5H3,(H,28,32)/t17-,19-,20+,27+/m0/s1. The average molecular weight is 464 g/mol. The van der Waals surface area contributed by atoms with Crippen LogP contribution in [0.15, 0.2) is 35.7 Å². The molecule has 2 aromatic heterocycles. The minimum Gasteiger partial charge on any atom is -0.351 e. The lowest BCUT2D eigenvalue weighted by Crippen LogP contribution is -2.66. The predicted octanol–water partition coefficient (Wildman–Crippen LogP) is 5.68. The molecular weight excluding hydrogens is 430 g/mol. The summed E-state index contributed by atoms with van der Waals surface area (Å²) in [7, 11) is 0. The second-order valence-electron chi connectivity index (χ2n) is 10.3. The van der Waals surface area contributed by atoms with Crippen LogP contribution >= 0.6 is 11.3 Å². The van der Waals surface area contributed by atoms with Crippen LogP contribution in [0.5, 0.6) is 0 Å². The number of aromatic nitrogens is 1. The van der Waals surface area contributed by atoms with Gasteiger partial charge in [-0.1, -0.05) is 38.8 Å². The van der Waals surface area contributed by atoms with E-state index in [0.717, 1.165) is 39.9 Å². The van der Waals surface area contributed by atoms with Crippen LogP contribution in [0.1, 0.15) is 61.6 Å². The Hall–Kier alpha value is -2.60. The van der Waals surface area contributed by atoms with Crippen LogP contribution in [0, 0.1) is 25.7 Å². The molecule has 0 bridgehead atoms. The Balaban J connectivity index is 1.61. The maximum absolute atomic E-state index is 14.1. The van der Waals surface area contributed by atoms with Gasteiger partial charge < -0.3 is 9.88 Å². The van der Waals surface area contributed by atoms with Gasteiger partial charge in [0.2, 0.25) is 5.91 Å². The number of nitrogens with one attached hydrogen (secondary N) is 1. The molecule has 4 atom stereocenters. The number of carbonyl (C=O) groups excluding carboxylic acids is 2. The summed E-state index contributed by atoms with van der Waals surface area (Å²) in [6.07, 6.45) is 3.33. The van der Waals surface area contributed by atoms with Crippen molar-refractivity contribution in [2.24, 2.45) is 11.8 Å². The minimum absolute atomic E-state index is 0.0644. The molecule has 5 rings (SSSR count). The van der Waals surface area contributed by atoms with E-state index in [9.17, 15) is 9.59 Å². The smallest absolute Gasteiger partial charge is 0.275 e. The second kappa shape index (κ2) is 8.01. The first-order valence-corrected chi connectivity index (χ1v) is 12.9. The zero-order valence-corrected chi connectivity index (χ0v) is 21.0. The number of carbonyl (C=O) groups is 2. The van der Waals surface area contributed by atoms with Gasteiger partial charge in [0.15, 0.2) is 0 Å². The van der Waals surface area contributed by atoms with Crippen LogP contribution in [-0.2, 0) is 11.3 Å². The van der Waals surface area contributed by atoms with Gasteiger partial charge in [-0.2, -0.15) is 0 Å². The van der Waals surface area contributed by atoms with E-state index in [1.54, 1.807) is 16.2 Å². The lowest BCUT2D eigenvalue weighted by Gasteiger charge is -2.46. The molecule has 1 fully saturated rings. The van der Waals surface area contributed by atoms with Gasteiger partial charge in [-0.3, -0.25) is 14.5 Å². The van der Waals surface area contributed by atoms with Crippen LogP contribution in [0.3, 0.4) is 0 Å². The highest BCUT2D eigenvalue weighted by molar-refractivity contribution is 7.17. The van der Waals surface area contributed by atoms with Gasteiger partial charge in [-0.15, -0.1) is 11.3 Å². The molecule has 6 heteroatoms. The lowest BCUT2D eigenvalue weighted by molar-refractivity contribution is -0.128. The Morgan fingerprint density at radius 1 is 1.15 bits per heavy atom. The molecule has 2 amide bonds. The van der Waals surface area contributed by atoms with Gasteiger partial charge >= 0.3 is 0 Å². The zero-order chi connectivity index (χ0) is 23.5. The third-order valence-electron chi connectivity index (χ3n) is 8.02. The fourth-order valence-electron chi connectivity index (χ4n) is 5.66. The molecule has 0 unspecified atom stereocenters. The van der Waals surface area contributed by atoms with Crippen molar-refractivity contribution in [1.82, 2.24) is 9.88 Å². The van der Waals surface area contributed by atoms with Crippen molar-refractivity contribution in [3.63, 3.8) is 0 Å². The summed E-state index contributed by atoms with van der Waals surface area (Å²) in [4.78, 5) is 29.8. The molecule has 174 valence electrons. The number of nitrogens with zero attached hydrogens (tertiary/aromatic N) is 2. The van der Waals surface area contributed by atoms with Gasteiger partial charge in [0.1, 0.15) is 11.2 Å². The Bertz CT molecular complexity index is 1240. The Labute approximate surface area is 199 Å². The van der Waals surface area contributed by atoms with Crippen molar-refractivity contribution in [3.05, 3.63) is 52.5 Å². The highest BCUT2D eigenvalue weighted by Gasteiger charge is 2.50. The number of aryl methyl sites for hydroxylation is 2. The summed E-state index contributed by atoms with van der Waals surface area (Å²) in [5, 5.41) is 5.43. The highest BCUT2D eigenvalue weighted by atomic mass is 32.1. The predicted molar refractivity (Wildman–Crippen MR) is 135 cm³/mol. The van der Waals surface area contributed by atoms with Crippen LogP contribution in [0.2, 0.25) is 0 Å². The third kappa shape index (κ3) is 3.50. The molecule has 0 spiro atoms. The zero-order valence-electron chi connectivity index (χ0n) is 20.1. The summed E-state index contributed by atoms with van der Waals surface area (Å²) in [5.41, 5.74) is 3.54. The van der Waals surface area contributed by atoms with E-state index in [1.807, 2.05) is 55.0 Å². The van der Waals surface area contributed by atoms with Crippen molar-refractivity contribution in [2.75, 3.05) is 4.90 Å². The van der Waals surface area contributed by atoms with E-state index in [-0.39, 0.29) is 17.9 Å². The van der Waals surface area contributed by atoms with Crippen LogP contribution < -0.4 is 10.2 Å². The minimum atomic E-state index is -1.03. The van der Waals surface area contributed by atoms with Crippen molar-refractivity contribution in [2.45, 2.75) is 72.0 Å². The summed E-state index contributed by atoms with van der Waals surface area (Å²) in [6.45, 7) is 10.9. The number of fused-ring (bicyclic) bond motifs is 3. The second-order valence-corrected chi connectivity index (χ2v) is 11.3. The molecule has 5 nitrogen and oxygen atoms in total. The monoisotopic (exact) mass is 463 g/mol. The average Bonchev–Trinajstić information content (AvgIpc) is 3.36. The van der Waals surface area contributed by atoms with Crippen LogP contribution in [0.25, 0.3) is 10.2 Å². The van der Waals surface area contributed by atoms with E-state index < -0.39 is 5.54 Å². The SMILES string of the molecule is Cc1ccc(C)c(N2C(=O)c3cc4sccc4n3C[C@]2(C)C(=O)N[C@@H]2CCC[C@H](C)[C@@H]2C)c1. The third-order valence-corrected chi connectivity index (χ3v) is 8.88. The Morgan fingerprint density at radius 2 is 1.94 bits per heavy atom. The molecular formula is C27H33N3O2S. The maximum atomic E-state index is 14.1. The first kappa shape index (κ1) is 22.2. The fraction of sp³-hybridized carbons (Fsp3) is 0.481. The normalized spacial score (nSPS) is 27.6. The van der Waals surface area contributed by atoms with Gasteiger partial charge in [0, 0.05) is 11.7 Å². The number of amides is 2. The molecule has 1 saturated carbocycles. The number of thiophene rings is 1. The van der Waals surface area contributed by atoms with Gasteiger partial charge in [0.05, 0.1) is 16.8 Å². The van der Waals surface area contributed by atoms with Crippen molar-refractivity contribution in [3.8, 4) is 0 Å². The number of anilines is 1. The van der Waals surface area contributed by atoms with E-state index in [1.165, 1.54) is 6.42 Å². The molecule has 0 saturated heterocycles. The number of rotatable bonds is 3. The van der Waals surface area contributed by atoms with Crippen molar-refractivity contribution < 1.29 is 9.59 Å². The van der Waals surface area contributed by atoms with Gasteiger partial charge in [-0.05, 0) is 73.7 Å². The van der Waals surface area contributed by atoms with Crippen molar-refractivity contribution in [1.29, 1.82) is 0 Å². The van der Waals surface area contributed by atoms with E-state index in [0.29, 0.717) is 24.1 Å². The number of hydrogen-bond donors (Lipinski definition) is 1. The largest absolute Gasteiger partial charge is 0.351 e. The Kier molecular flexibility index (Phi) is 5.39. The van der Waals surface area contributed by atoms with Crippen LogP contribution in [0.4, 0.5) is 5.69 Å². The van der Waals surface area contributed by atoms with E-state index in [2.05, 4.69) is 25.2 Å². The van der Waals surface area contributed by atoms with Crippen LogP contribution in [-0.4, -0.2) is 28.0 Å². The summed E-state index contributed by atoms with van der Waals surface area (Å²) >= 11 is 1.63. The van der Waals surface area contributed by atoms with E-state index in [4.69, 9.17) is 0 Å². The Morgan fingerprint density at radius 3 is 2.73 bits per heavy atom. The fourth-order valence-corrected chi connectivity index (χ4v) is 6.48. The highest BCUT2D eigenvalue weighted by Crippen LogP contribution is 2.39.